The molecule has 21 heavy (non-hydrogen) atoms. The molecule has 0 fully saturated rings. The van der Waals surface area contributed by atoms with Gasteiger partial charge in [0.15, 0.2) is 11.6 Å². The van der Waals surface area contributed by atoms with Crippen LogP contribution in [0, 0.1) is 25.5 Å². The van der Waals surface area contributed by atoms with Gasteiger partial charge in [-0.3, -0.25) is 4.79 Å². The Morgan fingerprint density at radius 2 is 1.86 bits per heavy atom. The molecule has 0 spiro atoms. The zero-order valence-corrected chi connectivity index (χ0v) is 11.0. The minimum Gasteiger partial charge on any atom is -0.478 e. The summed E-state index contributed by atoms with van der Waals surface area (Å²) in [6.07, 6.45) is 0. The molecule has 8 heteroatoms. The fourth-order valence-corrected chi connectivity index (χ4v) is 1.82. The molecule has 0 bridgehead atoms. The molecule has 1 amide bonds. The number of aromatic nitrogens is 1. The number of carbonyl (C=O) groups excluding carboxylic acids is 1. The number of hydrogen-bond donors (Lipinski definition) is 2. The summed E-state index contributed by atoms with van der Waals surface area (Å²) in [6, 6.07) is 1.11. The van der Waals surface area contributed by atoms with Crippen molar-refractivity contribution in [2.24, 2.45) is 0 Å². The van der Waals surface area contributed by atoms with Crippen molar-refractivity contribution >= 4 is 17.6 Å². The molecule has 110 valence electrons. The summed E-state index contributed by atoms with van der Waals surface area (Å²) in [6.45, 7) is 3.02. The maximum absolute atomic E-state index is 13.2. The van der Waals surface area contributed by atoms with Gasteiger partial charge < -0.3 is 14.9 Å². The number of nitrogens with one attached hydrogen (secondary N) is 1. The Kier molecular flexibility index (Phi) is 3.70. The van der Waals surface area contributed by atoms with Crippen LogP contribution >= 0.6 is 0 Å². The average Bonchev–Trinajstić information content (AvgIpc) is 2.72. The van der Waals surface area contributed by atoms with E-state index in [9.17, 15) is 18.4 Å². The molecule has 0 saturated heterocycles. The maximum atomic E-state index is 13.2. The molecule has 0 aliphatic rings. The summed E-state index contributed by atoms with van der Waals surface area (Å²) in [5, 5.41) is 14.8. The second-order valence-electron chi connectivity index (χ2n) is 4.27. The van der Waals surface area contributed by atoms with E-state index in [1.165, 1.54) is 13.8 Å². The number of amides is 1. The predicted molar refractivity (Wildman–Crippen MR) is 67.2 cm³/mol. The van der Waals surface area contributed by atoms with Crippen molar-refractivity contribution in [2.45, 2.75) is 13.8 Å². The van der Waals surface area contributed by atoms with Gasteiger partial charge in [-0.25, -0.2) is 13.6 Å². The highest BCUT2D eigenvalue weighted by molar-refractivity contribution is 6.08. The summed E-state index contributed by atoms with van der Waals surface area (Å²) in [4.78, 5) is 23.1. The lowest BCUT2D eigenvalue weighted by Crippen LogP contribution is -2.16. The normalized spacial score (nSPS) is 10.5. The molecule has 0 saturated carbocycles. The molecule has 0 unspecified atom stereocenters. The Morgan fingerprint density at radius 1 is 1.24 bits per heavy atom. The van der Waals surface area contributed by atoms with E-state index in [0.717, 1.165) is 0 Å². The summed E-state index contributed by atoms with van der Waals surface area (Å²) < 4.78 is 31.1. The first-order chi connectivity index (χ1) is 9.81. The number of aryl methyl sites for hydroxylation is 2. The number of benzene rings is 1. The fraction of sp³-hybridized carbons (Fsp3) is 0.154. The Labute approximate surface area is 117 Å². The lowest BCUT2D eigenvalue weighted by molar-refractivity contribution is 0.0697. The molecule has 0 atom stereocenters. The first-order valence-corrected chi connectivity index (χ1v) is 5.77. The molecular formula is C13H10F2N2O4. The van der Waals surface area contributed by atoms with Crippen LogP contribution in [0.15, 0.2) is 16.7 Å². The predicted octanol–water partition coefficient (Wildman–Crippen LogP) is 2.52. The van der Waals surface area contributed by atoms with Gasteiger partial charge in [-0.1, -0.05) is 5.16 Å². The van der Waals surface area contributed by atoms with Crippen LogP contribution in [0.1, 0.15) is 32.2 Å². The summed E-state index contributed by atoms with van der Waals surface area (Å²) in [7, 11) is 0. The van der Waals surface area contributed by atoms with Gasteiger partial charge in [0.05, 0.1) is 16.9 Å². The molecule has 2 aromatic rings. The lowest BCUT2D eigenvalue weighted by Gasteiger charge is -2.09. The topological polar surface area (TPSA) is 92.4 Å². The number of halogens is 2. The largest absolute Gasteiger partial charge is 0.478 e. The Bertz CT molecular complexity index is 721. The number of aromatic carboxylic acids is 1. The molecule has 0 aliphatic heterocycles. The first-order valence-electron chi connectivity index (χ1n) is 5.77. The Balaban J connectivity index is 2.42. The minimum atomic E-state index is -1.50. The van der Waals surface area contributed by atoms with E-state index in [-0.39, 0.29) is 17.0 Å². The molecule has 6 nitrogen and oxygen atoms in total. The number of hydrogen-bond acceptors (Lipinski definition) is 4. The Hall–Kier alpha value is -2.77. The molecule has 1 heterocycles. The van der Waals surface area contributed by atoms with Gasteiger partial charge in [0.2, 0.25) is 0 Å². The second-order valence-corrected chi connectivity index (χ2v) is 4.27. The van der Waals surface area contributed by atoms with Crippen molar-refractivity contribution in [2.75, 3.05) is 5.32 Å². The molecule has 0 aliphatic carbocycles. The average molecular weight is 296 g/mol. The molecule has 2 N–H and O–H groups in total. The minimum absolute atomic E-state index is 0.107. The SMILES string of the molecule is Cc1noc(C)c1C(=O)Nc1cc(F)c(F)cc1C(=O)O. The number of nitrogens with zero attached hydrogens (tertiary/aromatic N) is 1. The van der Waals surface area contributed by atoms with E-state index in [4.69, 9.17) is 9.63 Å². The van der Waals surface area contributed by atoms with Gasteiger partial charge in [-0.2, -0.15) is 0 Å². The highest BCUT2D eigenvalue weighted by Crippen LogP contribution is 2.22. The van der Waals surface area contributed by atoms with Crippen molar-refractivity contribution in [3.05, 3.63) is 46.3 Å². The highest BCUT2D eigenvalue weighted by atomic mass is 19.2. The molecule has 2 rings (SSSR count). The van der Waals surface area contributed by atoms with Crippen LogP contribution in [-0.2, 0) is 0 Å². The van der Waals surface area contributed by atoms with E-state index < -0.39 is 29.1 Å². The highest BCUT2D eigenvalue weighted by Gasteiger charge is 2.21. The number of carboxylic acids is 1. The number of carboxylic acid groups (broad SMARTS) is 1. The lowest BCUT2D eigenvalue weighted by atomic mass is 10.1. The van der Waals surface area contributed by atoms with E-state index >= 15 is 0 Å². The quantitative estimate of drug-likeness (QED) is 0.908. The van der Waals surface area contributed by atoms with E-state index in [1.54, 1.807) is 0 Å². The summed E-state index contributed by atoms with van der Waals surface area (Å²) in [5.41, 5.74) is -0.513. The van der Waals surface area contributed by atoms with E-state index in [0.29, 0.717) is 17.8 Å². The number of rotatable bonds is 3. The van der Waals surface area contributed by atoms with Crippen LogP contribution in [0.4, 0.5) is 14.5 Å². The van der Waals surface area contributed by atoms with E-state index in [1.807, 2.05) is 0 Å². The standard InChI is InChI=1S/C13H10F2N2O4/c1-5-11(6(2)21-17-5)12(18)16-10-4-9(15)8(14)3-7(10)13(19)20/h3-4H,1-2H3,(H,16,18)(H,19,20). The van der Waals surface area contributed by atoms with Crippen molar-refractivity contribution in [3.63, 3.8) is 0 Å². The third-order valence-electron chi connectivity index (χ3n) is 2.80. The third kappa shape index (κ3) is 2.73. The van der Waals surface area contributed by atoms with Gasteiger partial charge in [-0.15, -0.1) is 0 Å². The third-order valence-corrected chi connectivity index (χ3v) is 2.80. The zero-order valence-electron chi connectivity index (χ0n) is 11.0. The monoisotopic (exact) mass is 296 g/mol. The molecule has 1 aromatic carbocycles. The number of anilines is 1. The molecule has 0 radical (unpaired) electrons. The van der Waals surface area contributed by atoms with Crippen LogP contribution < -0.4 is 5.32 Å². The molecule has 1 aromatic heterocycles. The van der Waals surface area contributed by atoms with Gasteiger partial charge in [0, 0.05) is 6.07 Å². The zero-order chi connectivity index (χ0) is 15.7. The second kappa shape index (κ2) is 5.31. The summed E-state index contributed by atoms with van der Waals surface area (Å²) in [5.74, 6) is -4.58. The van der Waals surface area contributed by atoms with Gasteiger partial charge in [-0.05, 0) is 19.9 Å². The fourth-order valence-electron chi connectivity index (χ4n) is 1.82. The maximum Gasteiger partial charge on any atom is 0.337 e. The van der Waals surface area contributed by atoms with Crippen LogP contribution in [0.5, 0.6) is 0 Å². The van der Waals surface area contributed by atoms with Crippen molar-refractivity contribution in [1.82, 2.24) is 5.16 Å². The van der Waals surface area contributed by atoms with Crippen molar-refractivity contribution in [1.29, 1.82) is 0 Å². The van der Waals surface area contributed by atoms with Crippen LogP contribution in [0.25, 0.3) is 0 Å². The van der Waals surface area contributed by atoms with Crippen LogP contribution in [0.3, 0.4) is 0 Å². The Morgan fingerprint density at radius 3 is 2.38 bits per heavy atom. The summed E-state index contributed by atoms with van der Waals surface area (Å²) >= 11 is 0. The van der Waals surface area contributed by atoms with Gasteiger partial charge >= 0.3 is 5.97 Å². The van der Waals surface area contributed by atoms with Gasteiger partial charge in [0.1, 0.15) is 11.3 Å². The number of carbonyl (C=O) groups is 2. The van der Waals surface area contributed by atoms with Crippen LogP contribution in [-0.4, -0.2) is 22.1 Å². The molecular weight excluding hydrogens is 286 g/mol. The van der Waals surface area contributed by atoms with Gasteiger partial charge in [0.25, 0.3) is 5.91 Å². The van der Waals surface area contributed by atoms with E-state index in [2.05, 4.69) is 10.5 Å². The first kappa shape index (κ1) is 14.6. The van der Waals surface area contributed by atoms with Crippen LogP contribution in [0.2, 0.25) is 0 Å². The van der Waals surface area contributed by atoms with Crippen molar-refractivity contribution in [3.8, 4) is 0 Å². The smallest absolute Gasteiger partial charge is 0.337 e. The van der Waals surface area contributed by atoms with Crippen molar-refractivity contribution < 1.29 is 28.0 Å².